The lowest BCUT2D eigenvalue weighted by Crippen LogP contribution is -2.17. The lowest BCUT2D eigenvalue weighted by atomic mass is 10.2. The Hall–Kier alpha value is -3.42. The van der Waals surface area contributed by atoms with Crippen LogP contribution in [-0.4, -0.2) is 30.3 Å². The van der Waals surface area contributed by atoms with Gasteiger partial charge in [0.15, 0.2) is 11.5 Å². The van der Waals surface area contributed by atoms with Gasteiger partial charge in [0.1, 0.15) is 0 Å². The lowest BCUT2D eigenvalue weighted by molar-refractivity contribution is -0.384. The predicted octanol–water partition coefficient (Wildman–Crippen LogP) is 3.69. The van der Waals surface area contributed by atoms with Crippen LogP contribution in [0.3, 0.4) is 0 Å². The van der Waals surface area contributed by atoms with Crippen LogP contribution in [0.2, 0.25) is 0 Å². The maximum Gasteiger partial charge on any atom is 0.271 e. The van der Waals surface area contributed by atoms with Crippen molar-refractivity contribution in [3.63, 3.8) is 0 Å². The number of hydrazone groups is 1. The molecule has 1 aliphatic carbocycles. The van der Waals surface area contributed by atoms with Crippen LogP contribution in [0, 0.1) is 10.1 Å². The van der Waals surface area contributed by atoms with Crippen molar-refractivity contribution in [3.05, 3.63) is 63.7 Å². The Morgan fingerprint density at radius 2 is 1.89 bits per heavy atom. The van der Waals surface area contributed by atoms with E-state index in [1.807, 2.05) is 12.1 Å². The van der Waals surface area contributed by atoms with Crippen molar-refractivity contribution in [2.75, 3.05) is 7.11 Å². The Balaban J connectivity index is 1.64. The van der Waals surface area contributed by atoms with Gasteiger partial charge in [0.2, 0.25) is 0 Å². The van der Waals surface area contributed by atoms with Crippen molar-refractivity contribution >= 4 is 17.8 Å². The molecule has 1 N–H and O–H groups in total. The first-order chi connectivity index (χ1) is 13.6. The third-order valence-corrected chi connectivity index (χ3v) is 4.50. The van der Waals surface area contributed by atoms with Crippen LogP contribution in [0.5, 0.6) is 11.5 Å². The molecular formula is C20H21N3O5. The molecule has 0 atom stereocenters. The van der Waals surface area contributed by atoms with Gasteiger partial charge in [-0.3, -0.25) is 14.9 Å². The Morgan fingerprint density at radius 3 is 2.54 bits per heavy atom. The van der Waals surface area contributed by atoms with Gasteiger partial charge in [-0.05, 0) is 61.6 Å². The van der Waals surface area contributed by atoms with Crippen LogP contribution < -0.4 is 14.9 Å². The molecule has 2 aromatic carbocycles. The summed E-state index contributed by atoms with van der Waals surface area (Å²) in [6.45, 7) is 0. The highest BCUT2D eigenvalue weighted by atomic mass is 16.6. The minimum absolute atomic E-state index is 0.0759. The van der Waals surface area contributed by atoms with Gasteiger partial charge >= 0.3 is 0 Å². The summed E-state index contributed by atoms with van der Waals surface area (Å²) in [4.78, 5) is 22.2. The Labute approximate surface area is 162 Å². The maximum absolute atomic E-state index is 12.1. The summed E-state index contributed by atoms with van der Waals surface area (Å²) in [7, 11) is 1.59. The molecule has 8 nitrogen and oxygen atoms in total. The third kappa shape index (κ3) is 4.85. The van der Waals surface area contributed by atoms with Crippen LogP contribution in [0.1, 0.15) is 41.6 Å². The average molecular weight is 383 g/mol. The minimum atomic E-state index is -0.519. The van der Waals surface area contributed by atoms with Crippen LogP contribution in [0.15, 0.2) is 47.6 Å². The molecule has 28 heavy (non-hydrogen) atoms. The number of carbonyl (C=O) groups is 1. The smallest absolute Gasteiger partial charge is 0.271 e. The van der Waals surface area contributed by atoms with Crippen LogP contribution >= 0.6 is 0 Å². The molecule has 1 aliphatic rings. The van der Waals surface area contributed by atoms with E-state index in [2.05, 4.69) is 10.5 Å². The molecule has 1 fully saturated rings. The van der Waals surface area contributed by atoms with E-state index in [4.69, 9.17) is 9.47 Å². The summed E-state index contributed by atoms with van der Waals surface area (Å²) in [6, 6.07) is 10.7. The summed E-state index contributed by atoms with van der Waals surface area (Å²) in [5, 5.41) is 14.6. The summed E-state index contributed by atoms with van der Waals surface area (Å²) in [6.07, 6.45) is 6.11. The molecule has 1 amide bonds. The molecule has 0 bridgehead atoms. The molecule has 3 rings (SSSR count). The molecule has 8 heteroatoms. The molecule has 0 unspecified atom stereocenters. The van der Waals surface area contributed by atoms with E-state index in [0.29, 0.717) is 11.5 Å². The van der Waals surface area contributed by atoms with Crippen molar-refractivity contribution in [1.82, 2.24) is 5.43 Å². The quantitative estimate of drug-likeness (QED) is 0.446. The lowest BCUT2D eigenvalue weighted by Gasteiger charge is -2.16. The first-order valence-corrected chi connectivity index (χ1v) is 8.99. The van der Waals surface area contributed by atoms with Crippen LogP contribution in [0.4, 0.5) is 5.69 Å². The van der Waals surface area contributed by atoms with Crippen molar-refractivity contribution in [1.29, 1.82) is 0 Å². The molecule has 0 spiro atoms. The fraction of sp³-hybridized carbons (Fsp3) is 0.300. The Morgan fingerprint density at radius 1 is 1.18 bits per heavy atom. The van der Waals surface area contributed by atoms with E-state index >= 15 is 0 Å². The van der Waals surface area contributed by atoms with Crippen molar-refractivity contribution < 1.29 is 19.2 Å². The zero-order valence-electron chi connectivity index (χ0n) is 15.5. The van der Waals surface area contributed by atoms with Crippen molar-refractivity contribution in [2.24, 2.45) is 5.10 Å². The number of nitrogens with zero attached hydrogens (tertiary/aromatic N) is 2. The number of hydrogen-bond donors (Lipinski definition) is 1. The molecule has 146 valence electrons. The SMILES string of the molecule is COc1ccc(C=NNC(=O)c2ccc([N+](=O)[O-])cc2)cc1OC1CCCC1. The maximum atomic E-state index is 12.1. The number of hydrogen-bond acceptors (Lipinski definition) is 6. The average Bonchev–Trinajstić information content (AvgIpc) is 3.21. The second-order valence-electron chi connectivity index (χ2n) is 6.44. The van der Waals surface area contributed by atoms with Crippen LogP contribution in [-0.2, 0) is 0 Å². The zero-order chi connectivity index (χ0) is 19.9. The summed E-state index contributed by atoms with van der Waals surface area (Å²) in [5.74, 6) is 0.848. The number of benzene rings is 2. The number of rotatable bonds is 7. The Bertz CT molecular complexity index is 874. The Kier molecular flexibility index (Phi) is 6.21. The number of nitro groups is 1. The van der Waals surface area contributed by atoms with Gasteiger partial charge in [-0.2, -0.15) is 5.10 Å². The zero-order valence-corrected chi connectivity index (χ0v) is 15.5. The minimum Gasteiger partial charge on any atom is -0.493 e. The largest absolute Gasteiger partial charge is 0.493 e. The molecule has 0 aromatic heterocycles. The first-order valence-electron chi connectivity index (χ1n) is 8.99. The van der Waals surface area contributed by atoms with Crippen molar-refractivity contribution in [3.8, 4) is 11.5 Å². The summed E-state index contributed by atoms with van der Waals surface area (Å²) in [5.41, 5.74) is 3.36. The van der Waals surface area contributed by atoms with E-state index in [0.717, 1.165) is 18.4 Å². The highest BCUT2D eigenvalue weighted by molar-refractivity contribution is 5.95. The highest BCUT2D eigenvalue weighted by Gasteiger charge is 2.18. The normalized spacial score (nSPS) is 14.2. The fourth-order valence-corrected chi connectivity index (χ4v) is 3.02. The van der Waals surface area contributed by atoms with Crippen LogP contribution in [0.25, 0.3) is 0 Å². The first kappa shape index (κ1) is 19.3. The van der Waals surface area contributed by atoms with E-state index < -0.39 is 10.8 Å². The van der Waals surface area contributed by atoms with E-state index in [1.54, 1.807) is 13.2 Å². The fourth-order valence-electron chi connectivity index (χ4n) is 3.02. The van der Waals surface area contributed by atoms with Gasteiger partial charge < -0.3 is 9.47 Å². The van der Waals surface area contributed by atoms with Gasteiger partial charge in [0.05, 0.1) is 24.4 Å². The molecule has 0 saturated heterocycles. The number of carbonyl (C=O) groups excluding carboxylic acids is 1. The number of nitro benzene ring substituents is 1. The third-order valence-electron chi connectivity index (χ3n) is 4.50. The van der Waals surface area contributed by atoms with Gasteiger partial charge in [-0.1, -0.05) is 0 Å². The summed E-state index contributed by atoms with van der Waals surface area (Å²) < 4.78 is 11.4. The number of amides is 1. The number of nitrogens with one attached hydrogen (secondary N) is 1. The van der Waals surface area contributed by atoms with E-state index in [-0.39, 0.29) is 17.4 Å². The van der Waals surface area contributed by atoms with E-state index in [9.17, 15) is 14.9 Å². The second-order valence-corrected chi connectivity index (χ2v) is 6.44. The highest BCUT2D eigenvalue weighted by Crippen LogP contribution is 2.32. The number of non-ortho nitro benzene ring substituents is 1. The summed E-state index contributed by atoms with van der Waals surface area (Å²) >= 11 is 0. The second kappa shape index (κ2) is 8.98. The van der Waals surface area contributed by atoms with E-state index in [1.165, 1.54) is 43.3 Å². The number of ether oxygens (including phenoxy) is 2. The predicted molar refractivity (Wildman–Crippen MR) is 104 cm³/mol. The molecular weight excluding hydrogens is 362 g/mol. The van der Waals surface area contributed by atoms with Gasteiger partial charge in [-0.25, -0.2) is 5.43 Å². The molecule has 0 radical (unpaired) electrons. The van der Waals surface area contributed by atoms with Crippen molar-refractivity contribution in [2.45, 2.75) is 31.8 Å². The number of methoxy groups -OCH3 is 1. The van der Waals surface area contributed by atoms with Gasteiger partial charge in [0.25, 0.3) is 11.6 Å². The standard InChI is InChI=1S/C20H21N3O5/c1-27-18-11-6-14(12-19(18)28-17-4-2-3-5-17)13-21-22-20(24)15-7-9-16(10-8-15)23(25)26/h6-13,17H,2-5H2,1H3,(H,22,24). The van der Waals surface area contributed by atoms with Gasteiger partial charge in [0, 0.05) is 17.7 Å². The molecule has 0 heterocycles. The van der Waals surface area contributed by atoms with Gasteiger partial charge in [-0.15, -0.1) is 0 Å². The monoisotopic (exact) mass is 383 g/mol. The molecule has 2 aromatic rings. The topological polar surface area (TPSA) is 103 Å². The molecule has 1 saturated carbocycles. The molecule has 0 aliphatic heterocycles.